The number of H-pyrrole nitrogens is 1. The molecule has 0 spiro atoms. The number of aromatic nitrogens is 1. The fourth-order valence-electron chi connectivity index (χ4n) is 4.42. The molecule has 2 aromatic carbocycles. The van der Waals surface area contributed by atoms with Gasteiger partial charge < -0.3 is 4.98 Å². The van der Waals surface area contributed by atoms with Crippen LogP contribution in [0.15, 0.2) is 24.3 Å². The molecule has 0 saturated heterocycles. The van der Waals surface area contributed by atoms with Crippen LogP contribution in [0.5, 0.6) is 0 Å². The summed E-state index contributed by atoms with van der Waals surface area (Å²) in [6.07, 6.45) is 8.41. The van der Waals surface area contributed by atoms with Gasteiger partial charge in [-0.15, -0.1) is 0 Å². The molecule has 0 amide bonds. The lowest BCUT2D eigenvalue weighted by Gasteiger charge is -2.29. The van der Waals surface area contributed by atoms with E-state index in [9.17, 15) is 0 Å². The lowest BCUT2D eigenvalue weighted by molar-refractivity contribution is 0.620. The average molecular weight is 273 g/mol. The Morgan fingerprint density at radius 1 is 1.14 bits per heavy atom. The summed E-state index contributed by atoms with van der Waals surface area (Å²) in [5.74, 6) is 0.732. The van der Waals surface area contributed by atoms with Gasteiger partial charge in [-0.1, -0.05) is 24.3 Å². The number of aryl methyl sites for hydroxylation is 3. The summed E-state index contributed by atoms with van der Waals surface area (Å²) in [5.41, 5.74) is 8.66. The predicted molar refractivity (Wildman–Crippen MR) is 90.0 cm³/mol. The van der Waals surface area contributed by atoms with Gasteiger partial charge in [-0.05, 0) is 72.7 Å². The summed E-state index contributed by atoms with van der Waals surface area (Å²) in [6.45, 7) is 4.42. The maximum atomic E-state index is 3.62. The van der Waals surface area contributed by atoms with Crippen LogP contribution in [-0.4, -0.2) is 4.98 Å². The molecule has 0 saturated carbocycles. The normalized spacial score (nSPS) is 19.6. The van der Waals surface area contributed by atoms with Crippen LogP contribution in [0.1, 0.15) is 46.7 Å². The molecule has 21 heavy (non-hydrogen) atoms. The Morgan fingerprint density at radius 3 is 2.95 bits per heavy atom. The van der Waals surface area contributed by atoms with Gasteiger partial charge in [-0.2, -0.15) is 0 Å². The van der Waals surface area contributed by atoms with Crippen LogP contribution in [-0.2, 0) is 6.42 Å². The molecule has 1 aromatic heterocycles. The second-order valence-electron chi connectivity index (χ2n) is 6.70. The van der Waals surface area contributed by atoms with Crippen molar-refractivity contribution in [1.29, 1.82) is 0 Å². The van der Waals surface area contributed by atoms with Gasteiger partial charge in [-0.3, -0.25) is 0 Å². The topological polar surface area (TPSA) is 15.8 Å². The molecule has 0 fully saturated rings. The van der Waals surface area contributed by atoms with Crippen molar-refractivity contribution in [3.8, 4) is 0 Å². The summed E-state index contributed by atoms with van der Waals surface area (Å²) in [4.78, 5) is 3.62. The molecular formula is C20H19N. The van der Waals surface area contributed by atoms with Gasteiger partial charge in [0.05, 0.1) is 5.52 Å². The lowest BCUT2D eigenvalue weighted by atomic mass is 9.75. The molecule has 1 N–H and O–H groups in total. The Bertz CT molecular complexity index is 940. The van der Waals surface area contributed by atoms with Crippen molar-refractivity contribution in [2.45, 2.75) is 39.0 Å². The van der Waals surface area contributed by atoms with Crippen molar-refractivity contribution in [2.75, 3.05) is 0 Å². The van der Waals surface area contributed by atoms with Crippen molar-refractivity contribution < 1.29 is 0 Å². The highest BCUT2D eigenvalue weighted by atomic mass is 14.7. The van der Waals surface area contributed by atoms with Gasteiger partial charge in [-0.25, -0.2) is 0 Å². The molecule has 3 aromatic rings. The molecule has 0 radical (unpaired) electrons. The molecule has 5 rings (SSSR count). The second kappa shape index (κ2) is 3.79. The number of nitrogens with one attached hydrogen (secondary N) is 1. The summed E-state index contributed by atoms with van der Waals surface area (Å²) in [6, 6.07) is 7.10. The molecular weight excluding hydrogens is 254 g/mol. The highest BCUT2D eigenvalue weighted by Crippen LogP contribution is 2.45. The van der Waals surface area contributed by atoms with Crippen molar-refractivity contribution in [3.63, 3.8) is 0 Å². The van der Waals surface area contributed by atoms with Gasteiger partial charge in [0.1, 0.15) is 0 Å². The fourth-order valence-corrected chi connectivity index (χ4v) is 4.42. The molecule has 104 valence electrons. The van der Waals surface area contributed by atoms with Crippen LogP contribution < -0.4 is 0 Å². The van der Waals surface area contributed by atoms with E-state index in [1.165, 1.54) is 52.4 Å². The third-order valence-electron chi connectivity index (χ3n) is 5.62. The van der Waals surface area contributed by atoms with Gasteiger partial charge >= 0.3 is 0 Å². The minimum Gasteiger partial charge on any atom is -0.358 e. The van der Waals surface area contributed by atoms with E-state index in [-0.39, 0.29) is 0 Å². The SMILES string of the molecule is Cc1[nH]c2c(cc3c4c5c(ccc42)C=CCC5CC3)c1C. The number of benzene rings is 2. The summed E-state index contributed by atoms with van der Waals surface area (Å²) >= 11 is 0. The van der Waals surface area contributed by atoms with Crippen LogP contribution in [0.3, 0.4) is 0 Å². The van der Waals surface area contributed by atoms with Crippen molar-refractivity contribution in [2.24, 2.45) is 0 Å². The standard InChI is InChI=1S/C20H19N/c1-11-12(2)21-20-16-9-8-14-5-3-4-13-6-7-15(10-17(11)20)19(16)18(13)14/h3,5,8-10,13,21H,4,6-7H2,1-2H3. The van der Waals surface area contributed by atoms with E-state index < -0.39 is 0 Å². The van der Waals surface area contributed by atoms with Crippen molar-refractivity contribution >= 4 is 27.8 Å². The van der Waals surface area contributed by atoms with E-state index >= 15 is 0 Å². The molecule has 1 unspecified atom stereocenters. The number of hydrogen-bond acceptors (Lipinski definition) is 0. The maximum absolute atomic E-state index is 3.62. The van der Waals surface area contributed by atoms with Crippen LogP contribution in [0.25, 0.3) is 27.8 Å². The molecule has 1 atom stereocenters. The zero-order valence-corrected chi connectivity index (χ0v) is 12.6. The Kier molecular flexibility index (Phi) is 2.10. The molecule has 1 heterocycles. The van der Waals surface area contributed by atoms with Crippen molar-refractivity contribution in [3.05, 3.63) is 52.2 Å². The number of rotatable bonds is 0. The highest BCUT2D eigenvalue weighted by molar-refractivity contribution is 6.11. The van der Waals surface area contributed by atoms with E-state index in [4.69, 9.17) is 0 Å². The largest absolute Gasteiger partial charge is 0.358 e. The number of hydrogen-bond donors (Lipinski definition) is 1. The van der Waals surface area contributed by atoms with Crippen molar-refractivity contribution in [1.82, 2.24) is 4.98 Å². The summed E-state index contributed by atoms with van der Waals surface area (Å²) in [7, 11) is 0. The minimum absolute atomic E-state index is 0.732. The second-order valence-corrected chi connectivity index (χ2v) is 6.70. The smallest absolute Gasteiger partial charge is 0.0538 e. The van der Waals surface area contributed by atoms with E-state index in [0.717, 1.165) is 5.92 Å². The van der Waals surface area contributed by atoms with Crippen LogP contribution in [0, 0.1) is 13.8 Å². The monoisotopic (exact) mass is 273 g/mol. The fraction of sp³-hybridized carbons (Fsp3) is 0.300. The predicted octanol–water partition coefficient (Wildman–Crippen LogP) is 5.38. The van der Waals surface area contributed by atoms with Gasteiger partial charge in [0.25, 0.3) is 0 Å². The van der Waals surface area contributed by atoms with E-state index in [2.05, 4.69) is 49.2 Å². The van der Waals surface area contributed by atoms with Gasteiger partial charge in [0, 0.05) is 16.5 Å². The van der Waals surface area contributed by atoms with Gasteiger partial charge in [0.15, 0.2) is 0 Å². The quantitative estimate of drug-likeness (QED) is 0.565. The van der Waals surface area contributed by atoms with E-state index in [1.54, 1.807) is 16.5 Å². The van der Waals surface area contributed by atoms with E-state index in [1.807, 2.05) is 0 Å². The Hall–Kier alpha value is -2.02. The number of fused-ring (bicyclic) bond motifs is 2. The van der Waals surface area contributed by atoms with E-state index in [0.29, 0.717) is 0 Å². The summed E-state index contributed by atoms with van der Waals surface area (Å²) < 4.78 is 0. The average Bonchev–Trinajstić information content (AvgIpc) is 2.80. The minimum atomic E-state index is 0.732. The Balaban J connectivity index is 2.04. The molecule has 1 nitrogen and oxygen atoms in total. The first-order chi connectivity index (χ1) is 10.2. The lowest BCUT2D eigenvalue weighted by Crippen LogP contribution is -2.12. The van der Waals surface area contributed by atoms with Crippen LogP contribution in [0.2, 0.25) is 0 Å². The summed E-state index contributed by atoms with van der Waals surface area (Å²) in [5, 5.41) is 4.39. The Labute approximate surface area is 124 Å². The van der Waals surface area contributed by atoms with Crippen LogP contribution in [0.4, 0.5) is 0 Å². The first kappa shape index (κ1) is 11.6. The van der Waals surface area contributed by atoms with Gasteiger partial charge in [0.2, 0.25) is 0 Å². The zero-order valence-electron chi connectivity index (χ0n) is 12.6. The maximum Gasteiger partial charge on any atom is 0.0538 e. The molecule has 0 bridgehead atoms. The number of aromatic amines is 1. The number of allylic oxidation sites excluding steroid dienone is 1. The molecule has 2 aliphatic carbocycles. The first-order valence-corrected chi connectivity index (χ1v) is 7.98. The first-order valence-electron chi connectivity index (χ1n) is 7.98. The Morgan fingerprint density at radius 2 is 2.05 bits per heavy atom. The third-order valence-corrected chi connectivity index (χ3v) is 5.62. The molecule has 1 heteroatoms. The molecule has 0 aliphatic heterocycles. The highest BCUT2D eigenvalue weighted by Gasteiger charge is 2.26. The third kappa shape index (κ3) is 1.37. The molecule has 2 aliphatic rings. The van der Waals surface area contributed by atoms with Crippen LogP contribution >= 0.6 is 0 Å². The zero-order chi connectivity index (χ0) is 14.1.